The number of benzene rings is 2. The molecule has 1 unspecified atom stereocenters. The Morgan fingerprint density at radius 2 is 1.47 bits per heavy atom. The average molecular weight is 257 g/mol. The maximum absolute atomic E-state index is 5.72. The fourth-order valence-corrected chi connectivity index (χ4v) is 1.74. The number of hydrogen-bond acceptors (Lipinski definition) is 3. The number of hydrogen-bond donors (Lipinski definition) is 1. The third kappa shape index (κ3) is 4.30. The maximum Gasteiger partial charge on any atom is 0.127 e. The summed E-state index contributed by atoms with van der Waals surface area (Å²) >= 11 is 0. The van der Waals surface area contributed by atoms with E-state index in [9.17, 15) is 0 Å². The van der Waals surface area contributed by atoms with E-state index < -0.39 is 0 Å². The molecule has 1 atom stereocenters. The van der Waals surface area contributed by atoms with Gasteiger partial charge in [-0.2, -0.15) is 0 Å². The molecule has 0 fully saturated rings. The molecule has 0 aliphatic heterocycles. The summed E-state index contributed by atoms with van der Waals surface area (Å²) in [5.74, 6) is 2.46. The Labute approximate surface area is 114 Å². The van der Waals surface area contributed by atoms with Gasteiger partial charge in [0.25, 0.3) is 0 Å². The van der Waals surface area contributed by atoms with Crippen LogP contribution in [0.4, 0.5) is 0 Å². The minimum Gasteiger partial charge on any atom is -0.491 e. The van der Waals surface area contributed by atoms with Crippen LogP contribution in [0.5, 0.6) is 17.2 Å². The molecule has 0 bridgehead atoms. The summed E-state index contributed by atoms with van der Waals surface area (Å²) in [5.41, 5.74) is 5.49. The predicted octanol–water partition coefficient (Wildman–Crippen LogP) is 3.60. The molecule has 0 spiro atoms. The van der Waals surface area contributed by atoms with Gasteiger partial charge < -0.3 is 15.2 Å². The standard InChI is InChI=1S/C16H19NO2/c1-13(11-12-17)18-15-7-9-16(10-8-15)19-14-5-3-2-4-6-14/h2-10,13H,11-12,17H2,1H3. The molecule has 2 aromatic rings. The van der Waals surface area contributed by atoms with Crippen LogP contribution in [0.15, 0.2) is 54.6 Å². The first kappa shape index (κ1) is 13.4. The summed E-state index contributed by atoms with van der Waals surface area (Å²) in [7, 11) is 0. The van der Waals surface area contributed by atoms with E-state index in [4.69, 9.17) is 15.2 Å². The van der Waals surface area contributed by atoms with Crippen molar-refractivity contribution < 1.29 is 9.47 Å². The lowest BCUT2D eigenvalue weighted by atomic mass is 10.2. The normalized spacial score (nSPS) is 11.9. The van der Waals surface area contributed by atoms with Gasteiger partial charge in [-0.3, -0.25) is 0 Å². The van der Waals surface area contributed by atoms with Crippen molar-refractivity contribution in [2.75, 3.05) is 6.54 Å². The van der Waals surface area contributed by atoms with Crippen molar-refractivity contribution in [1.82, 2.24) is 0 Å². The van der Waals surface area contributed by atoms with Crippen LogP contribution in [-0.4, -0.2) is 12.6 Å². The van der Waals surface area contributed by atoms with Crippen LogP contribution in [0.2, 0.25) is 0 Å². The molecule has 0 aliphatic rings. The molecule has 2 N–H and O–H groups in total. The molecule has 3 heteroatoms. The highest BCUT2D eigenvalue weighted by molar-refractivity contribution is 5.35. The summed E-state index contributed by atoms with van der Waals surface area (Å²) in [4.78, 5) is 0. The van der Waals surface area contributed by atoms with Gasteiger partial charge in [0, 0.05) is 0 Å². The van der Waals surface area contributed by atoms with Gasteiger partial charge in [-0.15, -0.1) is 0 Å². The molecule has 3 nitrogen and oxygen atoms in total. The van der Waals surface area contributed by atoms with Gasteiger partial charge in [0.05, 0.1) is 6.10 Å². The molecule has 0 aliphatic carbocycles. The van der Waals surface area contributed by atoms with Crippen LogP contribution < -0.4 is 15.2 Å². The second kappa shape index (κ2) is 6.81. The fourth-order valence-electron chi connectivity index (χ4n) is 1.74. The van der Waals surface area contributed by atoms with E-state index in [0.717, 1.165) is 23.7 Å². The van der Waals surface area contributed by atoms with Crippen molar-refractivity contribution in [2.24, 2.45) is 5.73 Å². The molecule has 0 aromatic heterocycles. The Balaban J connectivity index is 1.95. The molecule has 100 valence electrons. The zero-order valence-corrected chi connectivity index (χ0v) is 11.1. The highest BCUT2D eigenvalue weighted by atomic mass is 16.5. The Morgan fingerprint density at radius 3 is 2.11 bits per heavy atom. The minimum absolute atomic E-state index is 0.130. The lowest BCUT2D eigenvalue weighted by Crippen LogP contribution is -2.16. The summed E-state index contributed by atoms with van der Waals surface area (Å²) in [6.07, 6.45) is 0.980. The molecular formula is C16H19NO2. The topological polar surface area (TPSA) is 44.5 Å². The molecule has 0 saturated heterocycles. The molecule has 19 heavy (non-hydrogen) atoms. The van der Waals surface area contributed by atoms with Crippen LogP contribution in [-0.2, 0) is 0 Å². The van der Waals surface area contributed by atoms with E-state index >= 15 is 0 Å². The van der Waals surface area contributed by atoms with E-state index in [2.05, 4.69) is 0 Å². The Bertz CT molecular complexity index is 482. The first-order valence-corrected chi connectivity index (χ1v) is 6.47. The van der Waals surface area contributed by atoms with E-state index in [-0.39, 0.29) is 6.10 Å². The Morgan fingerprint density at radius 1 is 0.895 bits per heavy atom. The van der Waals surface area contributed by atoms with Crippen molar-refractivity contribution in [2.45, 2.75) is 19.4 Å². The van der Waals surface area contributed by atoms with Crippen LogP contribution in [0.3, 0.4) is 0 Å². The van der Waals surface area contributed by atoms with Crippen LogP contribution in [0, 0.1) is 0 Å². The first-order chi connectivity index (χ1) is 9.28. The maximum atomic E-state index is 5.72. The van der Waals surface area contributed by atoms with Gasteiger partial charge in [-0.1, -0.05) is 18.2 Å². The Hall–Kier alpha value is -2.00. The third-order valence-electron chi connectivity index (χ3n) is 2.71. The predicted molar refractivity (Wildman–Crippen MR) is 76.7 cm³/mol. The monoisotopic (exact) mass is 257 g/mol. The lowest BCUT2D eigenvalue weighted by Gasteiger charge is -2.14. The van der Waals surface area contributed by atoms with E-state index in [1.54, 1.807) is 0 Å². The van der Waals surface area contributed by atoms with Gasteiger partial charge in [0.2, 0.25) is 0 Å². The van der Waals surface area contributed by atoms with E-state index in [1.807, 2.05) is 61.5 Å². The first-order valence-electron chi connectivity index (χ1n) is 6.47. The van der Waals surface area contributed by atoms with Gasteiger partial charge in [-0.25, -0.2) is 0 Å². The quantitative estimate of drug-likeness (QED) is 0.860. The number of ether oxygens (including phenoxy) is 2. The van der Waals surface area contributed by atoms with Crippen molar-refractivity contribution in [3.05, 3.63) is 54.6 Å². The van der Waals surface area contributed by atoms with E-state index in [0.29, 0.717) is 6.54 Å². The average Bonchev–Trinajstić information content (AvgIpc) is 2.42. The highest BCUT2D eigenvalue weighted by Crippen LogP contribution is 2.24. The number of nitrogens with two attached hydrogens (primary N) is 1. The smallest absolute Gasteiger partial charge is 0.127 e. The summed E-state index contributed by atoms with van der Waals surface area (Å²) < 4.78 is 11.4. The summed E-state index contributed by atoms with van der Waals surface area (Å²) in [6, 6.07) is 17.3. The second-order valence-corrected chi connectivity index (χ2v) is 4.39. The van der Waals surface area contributed by atoms with Crippen molar-refractivity contribution >= 4 is 0 Å². The zero-order chi connectivity index (χ0) is 13.5. The van der Waals surface area contributed by atoms with Gasteiger partial charge in [-0.05, 0) is 56.3 Å². The molecule has 0 heterocycles. The molecule has 0 radical (unpaired) electrons. The molecule has 2 rings (SSSR count). The number of para-hydroxylation sites is 1. The SMILES string of the molecule is CC(CCN)Oc1ccc(Oc2ccccc2)cc1. The summed E-state index contributed by atoms with van der Waals surface area (Å²) in [6.45, 7) is 2.65. The van der Waals surface area contributed by atoms with Gasteiger partial charge in [0.15, 0.2) is 0 Å². The minimum atomic E-state index is 0.130. The molecule has 2 aromatic carbocycles. The van der Waals surface area contributed by atoms with Gasteiger partial charge in [0.1, 0.15) is 17.2 Å². The Kier molecular flexibility index (Phi) is 4.81. The molecule has 0 amide bonds. The molecular weight excluding hydrogens is 238 g/mol. The largest absolute Gasteiger partial charge is 0.491 e. The van der Waals surface area contributed by atoms with Gasteiger partial charge >= 0.3 is 0 Å². The zero-order valence-electron chi connectivity index (χ0n) is 11.1. The molecule has 0 saturated carbocycles. The fraction of sp³-hybridized carbons (Fsp3) is 0.250. The van der Waals surface area contributed by atoms with E-state index in [1.165, 1.54) is 0 Å². The second-order valence-electron chi connectivity index (χ2n) is 4.39. The summed E-state index contributed by atoms with van der Waals surface area (Å²) in [5, 5.41) is 0. The lowest BCUT2D eigenvalue weighted by molar-refractivity contribution is 0.213. The van der Waals surface area contributed by atoms with Crippen LogP contribution in [0.1, 0.15) is 13.3 Å². The van der Waals surface area contributed by atoms with Crippen LogP contribution in [0.25, 0.3) is 0 Å². The van der Waals surface area contributed by atoms with Crippen molar-refractivity contribution in [1.29, 1.82) is 0 Å². The van der Waals surface area contributed by atoms with Crippen LogP contribution >= 0.6 is 0 Å². The number of rotatable bonds is 6. The van der Waals surface area contributed by atoms with Crippen molar-refractivity contribution in [3.8, 4) is 17.2 Å². The highest BCUT2D eigenvalue weighted by Gasteiger charge is 2.03. The van der Waals surface area contributed by atoms with Crippen molar-refractivity contribution in [3.63, 3.8) is 0 Å². The third-order valence-corrected chi connectivity index (χ3v) is 2.71.